The normalized spacial score (nSPS) is 10.5. The molecule has 0 unspecified atom stereocenters. The Morgan fingerprint density at radius 1 is 1.26 bits per heavy atom. The molecule has 2 aromatic rings. The molecule has 0 amide bonds. The van der Waals surface area contributed by atoms with Gasteiger partial charge in [-0.25, -0.2) is 4.98 Å². The number of hydrogen-bond donors (Lipinski definition) is 1. The molecule has 0 fully saturated rings. The summed E-state index contributed by atoms with van der Waals surface area (Å²) in [6.07, 6.45) is 2.46. The van der Waals surface area contributed by atoms with Gasteiger partial charge in [-0.2, -0.15) is 0 Å². The van der Waals surface area contributed by atoms with E-state index in [1.807, 2.05) is 25.2 Å². The van der Waals surface area contributed by atoms with Gasteiger partial charge in [0.05, 0.1) is 26.0 Å². The summed E-state index contributed by atoms with van der Waals surface area (Å²) in [5.74, 6) is 2.71. The van der Waals surface area contributed by atoms with Crippen molar-refractivity contribution in [3.8, 4) is 22.8 Å². The van der Waals surface area contributed by atoms with Crippen molar-refractivity contribution in [1.29, 1.82) is 0 Å². The third kappa shape index (κ3) is 2.88. The van der Waals surface area contributed by atoms with E-state index in [2.05, 4.69) is 10.3 Å². The molecular formula is C14H18N2O3. The average molecular weight is 262 g/mol. The van der Waals surface area contributed by atoms with Gasteiger partial charge in [0.25, 0.3) is 0 Å². The highest BCUT2D eigenvalue weighted by molar-refractivity contribution is 5.69. The number of para-hydroxylation sites is 1. The van der Waals surface area contributed by atoms with Crippen molar-refractivity contribution in [2.75, 3.05) is 27.8 Å². The topological polar surface area (TPSA) is 56.5 Å². The third-order valence-corrected chi connectivity index (χ3v) is 2.81. The number of benzene rings is 1. The predicted octanol–water partition coefficient (Wildman–Crippen LogP) is 2.12. The molecule has 0 saturated carbocycles. The van der Waals surface area contributed by atoms with Gasteiger partial charge < -0.3 is 19.2 Å². The lowest BCUT2D eigenvalue weighted by molar-refractivity contribution is 0.355. The summed E-state index contributed by atoms with van der Waals surface area (Å²) in [6.45, 7) is 0.829. The first-order chi connectivity index (χ1) is 9.30. The Bertz CT molecular complexity index is 537. The van der Waals surface area contributed by atoms with Crippen LogP contribution in [0.3, 0.4) is 0 Å². The molecule has 2 rings (SSSR count). The van der Waals surface area contributed by atoms with E-state index in [0.717, 1.165) is 18.5 Å². The molecule has 0 saturated heterocycles. The quantitative estimate of drug-likeness (QED) is 0.864. The van der Waals surface area contributed by atoms with Gasteiger partial charge in [0.1, 0.15) is 0 Å². The first-order valence-electron chi connectivity index (χ1n) is 6.10. The highest BCUT2D eigenvalue weighted by atomic mass is 16.5. The van der Waals surface area contributed by atoms with E-state index in [1.54, 1.807) is 20.4 Å². The predicted molar refractivity (Wildman–Crippen MR) is 72.7 cm³/mol. The molecule has 19 heavy (non-hydrogen) atoms. The fraction of sp³-hybridized carbons (Fsp3) is 0.357. The van der Waals surface area contributed by atoms with Crippen LogP contribution in [0.15, 0.2) is 28.8 Å². The van der Waals surface area contributed by atoms with E-state index in [9.17, 15) is 0 Å². The minimum atomic E-state index is 0.654. The zero-order chi connectivity index (χ0) is 13.7. The smallest absolute Gasteiger partial charge is 0.196 e. The van der Waals surface area contributed by atoms with E-state index in [1.165, 1.54) is 0 Å². The lowest BCUT2D eigenvalue weighted by Crippen LogP contribution is -2.10. The molecule has 0 bridgehead atoms. The first-order valence-corrected chi connectivity index (χ1v) is 6.10. The van der Waals surface area contributed by atoms with Crippen LogP contribution >= 0.6 is 0 Å². The average Bonchev–Trinajstić information content (AvgIpc) is 2.92. The molecule has 102 valence electrons. The molecule has 1 aromatic carbocycles. The van der Waals surface area contributed by atoms with Crippen LogP contribution in [-0.2, 0) is 6.42 Å². The number of ether oxygens (including phenoxy) is 2. The number of hydrogen-bond acceptors (Lipinski definition) is 5. The Kier molecular flexibility index (Phi) is 4.41. The third-order valence-electron chi connectivity index (χ3n) is 2.81. The molecule has 1 N–H and O–H groups in total. The van der Waals surface area contributed by atoms with E-state index < -0.39 is 0 Å². The summed E-state index contributed by atoms with van der Waals surface area (Å²) in [7, 11) is 5.12. The zero-order valence-corrected chi connectivity index (χ0v) is 11.4. The number of methoxy groups -OCH3 is 2. The zero-order valence-electron chi connectivity index (χ0n) is 11.4. The Morgan fingerprint density at radius 2 is 2.11 bits per heavy atom. The van der Waals surface area contributed by atoms with Crippen molar-refractivity contribution in [1.82, 2.24) is 10.3 Å². The molecule has 5 nitrogen and oxygen atoms in total. The van der Waals surface area contributed by atoms with Gasteiger partial charge in [-0.1, -0.05) is 6.07 Å². The van der Waals surface area contributed by atoms with E-state index in [0.29, 0.717) is 23.1 Å². The summed E-state index contributed by atoms with van der Waals surface area (Å²) in [5.41, 5.74) is 0.838. The molecular weight excluding hydrogens is 244 g/mol. The van der Waals surface area contributed by atoms with Crippen molar-refractivity contribution >= 4 is 0 Å². The SMILES string of the molecule is CNCCc1ncc(-c2cccc(OC)c2OC)o1. The maximum Gasteiger partial charge on any atom is 0.196 e. The molecule has 0 aliphatic heterocycles. The van der Waals surface area contributed by atoms with Gasteiger partial charge in [0.2, 0.25) is 0 Å². The van der Waals surface area contributed by atoms with E-state index in [4.69, 9.17) is 13.9 Å². The van der Waals surface area contributed by atoms with Gasteiger partial charge >= 0.3 is 0 Å². The lowest BCUT2D eigenvalue weighted by atomic mass is 10.1. The molecule has 0 aliphatic carbocycles. The van der Waals surface area contributed by atoms with Gasteiger partial charge in [-0.15, -0.1) is 0 Å². The summed E-state index contributed by atoms with van der Waals surface area (Å²) in [5, 5.41) is 3.06. The van der Waals surface area contributed by atoms with Gasteiger partial charge in [-0.3, -0.25) is 0 Å². The van der Waals surface area contributed by atoms with Crippen molar-refractivity contribution < 1.29 is 13.9 Å². The Morgan fingerprint density at radius 3 is 2.79 bits per heavy atom. The Balaban J connectivity index is 2.33. The maximum absolute atomic E-state index is 5.73. The monoisotopic (exact) mass is 262 g/mol. The van der Waals surface area contributed by atoms with Crippen LogP contribution in [0.25, 0.3) is 11.3 Å². The standard InChI is InChI=1S/C14H18N2O3/c1-15-8-7-13-16-9-12(19-13)10-5-4-6-11(17-2)14(10)18-3/h4-6,9,15H,7-8H2,1-3H3. The molecule has 5 heteroatoms. The summed E-state index contributed by atoms with van der Waals surface area (Å²) in [4.78, 5) is 4.26. The second kappa shape index (κ2) is 6.24. The van der Waals surface area contributed by atoms with Gasteiger partial charge in [0.15, 0.2) is 23.1 Å². The van der Waals surface area contributed by atoms with E-state index >= 15 is 0 Å². The second-order valence-corrected chi connectivity index (χ2v) is 4.01. The number of oxazole rings is 1. The number of nitrogens with zero attached hydrogens (tertiary/aromatic N) is 1. The number of likely N-dealkylation sites (N-methyl/N-ethyl adjacent to an activating group) is 1. The van der Waals surface area contributed by atoms with Crippen LogP contribution in [0, 0.1) is 0 Å². The highest BCUT2D eigenvalue weighted by Crippen LogP contribution is 2.37. The maximum atomic E-state index is 5.73. The van der Waals surface area contributed by atoms with Crippen LogP contribution in [-0.4, -0.2) is 32.8 Å². The van der Waals surface area contributed by atoms with Crippen LogP contribution in [0.2, 0.25) is 0 Å². The highest BCUT2D eigenvalue weighted by Gasteiger charge is 2.15. The Hall–Kier alpha value is -2.01. The molecule has 0 radical (unpaired) electrons. The first kappa shape index (κ1) is 13.4. The minimum absolute atomic E-state index is 0.654. The largest absolute Gasteiger partial charge is 0.493 e. The fourth-order valence-corrected chi connectivity index (χ4v) is 1.86. The van der Waals surface area contributed by atoms with Crippen LogP contribution in [0.5, 0.6) is 11.5 Å². The fourth-order valence-electron chi connectivity index (χ4n) is 1.86. The summed E-state index contributed by atoms with van der Waals surface area (Å²) >= 11 is 0. The Labute approximate surface area is 112 Å². The molecule has 0 atom stereocenters. The van der Waals surface area contributed by atoms with Crippen LogP contribution in [0.1, 0.15) is 5.89 Å². The van der Waals surface area contributed by atoms with Crippen molar-refractivity contribution in [3.05, 3.63) is 30.3 Å². The van der Waals surface area contributed by atoms with Crippen molar-refractivity contribution in [3.63, 3.8) is 0 Å². The number of aromatic nitrogens is 1. The molecule has 1 heterocycles. The number of rotatable bonds is 6. The summed E-state index contributed by atoms with van der Waals surface area (Å²) < 4.78 is 16.4. The second-order valence-electron chi connectivity index (χ2n) is 4.01. The molecule has 0 spiro atoms. The molecule has 1 aromatic heterocycles. The van der Waals surface area contributed by atoms with Gasteiger partial charge in [0, 0.05) is 13.0 Å². The number of nitrogens with one attached hydrogen (secondary N) is 1. The van der Waals surface area contributed by atoms with Crippen LogP contribution < -0.4 is 14.8 Å². The van der Waals surface area contributed by atoms with Gasteiger partial charge in [-0.05, 0) is 19.2 Å². The van der Waals surface area contributed by atoms with Crippen molar-refractivity contribution in [2.24, 2.45) is 0 Å². The lowest BCUT2D eigenvalue weighted by Gasteiger charge is -2.10. The van der Waals surface area contributed by atoms with Crippen molar-refractivity contribution in [2.45, 2.75) is 6.42 Å². The minimum Gasteiger partial charge on any atom is -0.493 e. The summed E-state index contributed by atoms with van der Waals surface area (Å²) in [6, 6.07) is 5.66. The molecule has 0 aliphatic rings. The van der Waals surface area contributed by atoms with Crippen LogP contribution in [0.4, 0.5) is 0 Å². The van der Waals surface area contributed by atoms with E-state index in [-0.39, 0.29) is 0 Å².